The third kappa shape index (κ3) is 4.78. The highest BCUT2D eigenvalue weighted by Gasteiger charge is 2.21. The van der Waals surface area contributed by atoms with Crippen molar-refractivity contribution in [3.05, 3.63) is 88.7 Å². The van der Waals surface area contributed by atoms with Crippen LogP contribution in [0.3, 0.4) is 0 Å². The van der Waals surface area contributed by atoms with Gasteiger partial charge in [-0.1, -0.05) is 26.0 Å². The summed E-state index contributed by atoms with van der Waals surface area (Å²) in [5.41, 5.74) is 8.81. The molecule has 0 aliphatic carbocycles. The second kappa shape index (κ2) is 9.39. The van der Waals surface area contributed by atoms with Gasteiger partial charge >= 0.3 is 0 Å². The van der Waals surface area contributed by atoms with E-state index in [1.54, 1.807) is 18.2 Å². The third-order valence-corrected chi connectivity index (χ3v) is 5.49. The van der Waals surface area contributed by atoms with E-state index in [9.17, 15) is 19.1 Å². The second-order valence-corrected chi connectivity index (χ2v) is 8.64. The van der Waals surface area contributed by atoms with Crippen LogP contribution in [0, 0.1) is 11.7 Å². The molecule has 0 bridgehead atoms. The maximum atomic E-state index is 13.3. The lowest BCUT2D eigenvalue weighted by Crippen LogP contribution is -2.27. The topological polar surface area (TPSA) is 106 Å². The molecule has 0 atom stereocenters. The summed E-state index contributed by atoms with van der Waals surface area (Å²) >= 11 is 0. The molecule has 4 rings (SSSR count). The number of nitrogens with two attached hydrogens (primary N) is 1. The van der Waals surface area contributed by atoms with Gasteiger partial charge in [0.2, 0.25) is 0 Å². The van der Waals surface area contributed by atoms with Crippen LogP contribution in [0.15, 0.2) is 65.1 Å². The predicted octanol–water partition coefficient (Wildman–Crippen LogP) is 5.02. The Kier molecular flexibility index (Phi) is 6.36. The van der Waals surface area contributed by atoms with Crippen LogP contribution in [0.1, 0.15) is 45.7 Å². The SMILES string of the molecule is CC(C)CNC(=O)c1cc(Cc2ccc3oc(-c4ccc(F)cc4)c(C(N)=O)c3c2)ccc1O. The van der Waals surface area contributed by atoms with Crippen LogP contribution in [0.4, 0.5) is 4.39 Å². The monoisotopic (exact) mass is 460 g/mol. The smallest absolute Gasteiger partial charge is 0.255 e. The molecule has 4 N–H and O–H groups in total. The molecule has 1 aromatic heterocycles. The maximum absolute atomic E-state index is 13.3. The summed E-state index contributed by atoms with van der Waals surface area (Å²) in [6.07, 6.45) is 0.454. The van der Waals surface area contributed by atoms with Crippen molar-refractivity contribution in [2.75, 3.05) is 6.54 Å². The number of primary amides is 1. The summed E-state index contributed by atoms with van der Waals surface area (Å²) < 4.78 is 19.2. The van der Waals surface area contributed by atoms with Gasteiger partial charge in [0.1, 0.15) is 22.9 Å². The molecule has 0 unspecified atom stereocenters. The van der Waals surface area contributed by atoms with E-state index in [4.69, 9.17) is 10.2 Å². The van der Waals surface area contributed by atoms with Crippen molar-refractivity contribution in [1.29, 1.82) is 0 Å². The number of phenols is 1. The molecule has 4 aromatic rings. The highest BCUT2D eigenvalue weighted by Crippen LogP contribution is 2.34. The Labute approximate surface area is 196 Å². The zero-order chi connectivity index (χ0) is 24.4. The molecule has 0 saturated heterocycles. The zero-order valence-corrected chi connectivity index (χ0v) is 18.9. The van der Waals surface area contributed by atoms with Gasteiger partial charge in [-0.05, 0) is 72.0 Å². The molecule has 0 radical (unpaired) electrons. The Bertz CT molecular complexity index is 1370. The summed E-state index contributed by atoms with van der Waals surface area (Å²) in [6.45, 7) is 4.49. The minimum absolute atomic E-state index is 0.0877. The van der Waals surface area contributed by atoms with Gasteiger partial charge in [-0.25, -0.2) is 4.39 Å². The number of hydrogen-bond acceptors (Lipinski definition) is 4. The highest BCUT2D eigenvalue weighted by atomic mass is 19.1. The fraction of sp³-hybridized carbons (Fsp3) is 0.185. The maximum Gasteiger partial charge on any atom is 0.255 e. The minimum atomic E-state index is -0.649. The lowest BCUT2D eigenvalue weighted by atomic mass is 9.99. The van der Waals surface area contributed by atoms with Crippen molar-refractivity contribution in [1.82, 2.24) is 5.32 Å². The molecule has 0 aliphatic heterocycles. The first-order valence-electron chi connectivity index (χ1n) is 10.9. The first kappa shape index (κ1) is 23.0. The van der Waals surface area contributed by atoms with Crippen LogP contribution < -0.4 is 11.1 Å². The lowest BCUT2D eigenvalue weighted by molar-refractivity contribution is 0.0945. The largest absolute Gasteiger partial charge is 0.507 e. The van der Waals surface area contributed by atoms with Crippen molar-refractivity contribution in [3.8, 4) is 17.1 Å². The molecular weight excluding hydrogens is 435 g/mol. The molecule has 0 saturated carbocycles. The average Bonchev–Trinajstić information content (AvgIpc) is 3.18. The van der Waals surface area contributed by atoms with E-state index in [-0.39, 0.29) is 34.5 Å². The van der Waals surface area contributed by atoms with Crippen LogP contribution >= 0.6 is 0 Å². The average molecular weight is 461 g/mol. The number of nitrogens with one attached hydrogen (secondary N) is 1. The summed E-state index contributed by atoms with van der Waals surface area (Å²) in [7, 11) is 0. The van der Waals surface area contributed by atoms with E-state index in [1.807, 2.05) is 26.0 Å². The number of rotatable bonds is 7. The normalized spacial score (nSPS) is 11.2. The van der Waals surface area contributed by atoms with Crippen molar-refractivity contribution in [2.45, 2.75) is 20.3 Å². The number of fused-ring (bicyclic) bond motifs is 1. The van der Waals surface area contributed by atoms with Crippen LogP contribution in [-0.2, 0) is 6.42 Å². The molecule has 0 fully saturated rings. The first-order chi connectivity index (χ1) is 16.2. The summed E-state index contributed by atoms with van der Waals surface area (Å²) in [5, 5.41) is 13.5. The van der Waals surface area contributed by atoms with Gasteiger partial charge in [0.15, 0.2) is 0 Å². The van der Waals surface area contributed by atoms with Gasteiger partial charge in [0.25, 0.3) is 11.8 Å². The molecule has 34 heavy (non-hydrogen) atoms. The zero-order valence-electron chi connectivity index (χ0n) is 18.9. The predicted molar refractivity (Wildman–Crippen MR) is 128 cm³/mol. The van der Waals surface area contributed by atoms with E-state index < -0.39 is 11.7 Å². The molecule has 0 spiro atoms. The van der Waals surface area contributed by atoms with Crippen LogP contribution in [0.5, 0.6) is 5.75 Å². The van der Waals surface area contributed by atoms with Crippen molar-refractivity contribution in [3.63, 3.8) is 0 Å². The van der Waals surface area contributed by atoms with Gasteiger partial charge < -0.3 is 20.6 Å². The van der Waals surface area contributed by atoms with E-state index >= 15 is 0 Å². The number of halogens is 1. The fourth-order valence-corrected chi connectivity index (χ4v) is 3.81. The number of aromatic hydroxyl groups is 1. The summed E-state index contributed by atoms with van der Waals surface area (Å²) in [5.74, 6) is -0.893. The fourth-order valence-electron chi connectivity index (χ4n) is 3.81. The van der Waals surface area contributed by atoms with Crippen molar-refractivity contribution in [2.24, 2.45) is 11.7 Å². The molecular formula is C27H25FN2O4. The first-order valence-corrected chi connectivity index (χ1v) is 10.9. The molecule has 7 heteroatoms. The number of carbonyl (C=O) groups is 2. The van der Waals surface area contributed by atoms with E-state index in [0.29, 0.717) is 29.5 Å². The lowest BCUT2D eigenvalue weighted by Gasteiger charge is -2.10. The number of amides is 2. The van der Waals surface area contributed by atoms with Gasteiger partial charge in [-0.15, -0.1) is 0 Å². The van der Waals surface area contributed by atoms with Crippen LogP contribution in [-0.4, -0.2) is 23.5 Å². The standard InChI is InChI=1S/C27H25FN2O4/c1-15(2)14-30-27(33)20-12-16(3-9-22(20)31)11-17-4-10-23-21(13-17)24(26(29)32)25(34-23)18-5-7-19(28)8-6-18/h3-10,12-13,15,31H,11,14H2,1-2H3,(H2,29,32)(H,30,33). The Hall–Kier alpha value is -4.13. The number of carbonyl (C=O) groups excluding carboxylic acids is 2. The number of furan rings is 1. The van der Waals surface area contributed by atoms with Crippen LogP contribution in [0.25, 0.3) is 22.3 Å². The number of benzene rings is 3. The summed E-state index contributed by atoms with van der Waals surface area (Å²) in [6, 6.07) is 16.0. The molecule has 6 nitrogen and oxygen atoms in total. The van der Waals surface area contributed by atoms with Gasteiger partial charge in [-0.2, -0.15) is 0 Å². The second-order valence-electron chi connectivity index (χ2n) is 8.64. The number of hydrogen-bond donors (Lipinski definition) is 3. The van der Waals surface area contributed by atoms with E-state index in [1.165, 1.54) is 30.3 Å². The van der Waals surface area contributed by atoms with E-state index in [0.717, 1.165) is 11.1 Å². The summed E-state index contributed by atoms with van der Waals surface area (Å²) in [4.78, 5) is 24.8. The Morgan fingerprint density at radius 2 is 1.71 bits per heavy atom. The highest BCUT2D eigenvalue weighted by molar-refractivity contribution is 6.10. The van der Waals surface area contributed by atoms with Gasteiger partial charge in [0.05, 0.1) is 11.1 Å². The van der Waals surface area contributed by atoms with E-state index in [2.05, 4.69) is 5.32 Å². The van der Waals surface area contributed by atoms with Crippen LogP contribution in [0.2, 0.25) is 0 Å². The Morgan fingerprint density at radius 1 is 1.03 bits per heavy atom. The molecule has 2 amide bonds. The molecule has 1 heterocycles. The molecule has 3 aromatic carbocycles. The molecule has 0 aliphatic rings. The van der Waals surface area contributed by atoms with Gasteiger partial charge in [-0.3, -0.25) is 9.59 Å². The third-order valence-electron chi connectivity index (χ3n) is 5.49. The Balaban J connectivity index is 1.68. The van der Waals surface area contributed by atoms with Crippen molar-refractivity contribution < 1.29 is 23.5 Å². The van der Waals surface area contributed by atoms with Gasteiger partial charge in [0, 0.05) is 17.5 Å². The number of phenolic OH excluding ortho intramolecular Hbond substituents is 1. The molecule has 174 valence electrons. The Morgan fingerprint density at radius 3 is 2.38 bits per heavy atom. The van der Waals surface area contributed by atoms with Crippen molar-refractivity contribution >= 4 is 22.8 Å². The minimum Gasteiger partial charge on any atom is -0.507 e. The quantitative estimate of drug-likeness (QED) is 0.360.